The monoisotopic (exact) mass is 763 g/mol. The average molecular weight is 764 g/mol. The first-order chi connectivity index (χ1) is 24.5. The molecule has 0 spiro atoms. The lowest BCUT2D eigenvalue weighted by molar-refractivity contribution is -0.144. The smallest absolute Gasteiger partial charge is 0.419 e. The molecule has 1 aromatic heterocycles. The standard InChI is InChI=1S/C37H42F9N3O4/c1-8-53-30(51)17-27(32-33(39)23(15-25(34(32)40)37(44,45)46)31-20(4)11-12-26(38)21(31)5)47-35(52)28(14-19(2)3)49-18-22(10-9-13-48(6)7)24(16-29(49)50)36(41,42)43/h11-12,15-16,18-19,27-28H,8-10,13-14,17H2,1-7H3,(H,47,52)/t27-,28?/m0/s1. The number of benzene rings is 2. The van der Waals surface area contributed by atoms with Gasteiger partial charge in [-0.2, -0.15) is 26.3 Å². The zero-order valence-corrected chi connectivity index (χ0v) is 30.3. The van der Waals surface area contributed by atoms with Gasteiger partial charge < -0.3 is 19.5 Å². The number of aromatic nitrogens is 1. The average Bonchev–Trinajstić information content (AvgIpc) is 3.02. The molecule has 3 aromatic rings. The highest BCUT2D eigenvalue weighted by atomic mass is 19.4. The van der Waals surface area contributed by atoms with Gasteiger partial charge in [-0.05, 0) is 101 Å². The second-order valence-corrected chi connectivity index (χ2v) is 13.5. The Bertz CT molecular complexity index is 1870. The number of carbonyl (C=O) groups excluding carboxylic acids is 2. The number of halogens is 9. The van der Waals surface area contributed by atoms with E-state index in [1.165, 1.54) is 26.8 Å². The Kier molecular flexibility index (Phi) is 14.0. The Labute approximate surface area is 301 Å². The molecule has 1 N–H and O–H groups in total. The van der Waals surface area contributed by atoms with Crippen molar-refractivity contribution in [3.63, 3.8) is 0 Å². The van der Waals surface area contributed by atoms with Crippen LogP contribution in [0.1, 0.15) is 85.5 Å². The van der Waals surface area contributed by atoms with Crippen molar-refractivity contribution in [1.82, 2.24) is 14.8 Å². The molecule has 0 aliphatic heterocycles. The molecule has 1 unspecified atom stereocenters. The van der Waals surface area contributed by atoms with Crippen molar-refractivity contribution >= 4 is 11.9 Å². The Morgan fingerprint density at radius 1 is 0.943 bits per heavy atom. The lowest BCUT2D eigenvalue weighted by Gasteiger charge is -2.28. The molecule has 7 nitrogen and oxygen atoms in total. The van der Waals surface area contributed by atoms with Crippen LogP contribution in [0.25, 0.3) is 11.1 Å². The summed E-state index contributed by atoms with van der Waals surface area (Å²) in [4.78, 5) is 41.8. The van der Waals surface area contributed by atoms with E-state index in [0.717, 1.165) is 16.8 Å². The topological polar surface area (TPSA) is 80.6 Å². The molecule has 292 valence electrons. The molecule has 3 rings (SSSR count). The molecule has 16 heteroatoms. The minimum Gasteiger partial charge on any atom is -0.466 e. The maximum absolute atomic E-state index is 16.6. The third kappa shape index (κ3) is 10.4. The van der Waals surface area contributed by atoms with Crippen molar-refractivity contribution in [2.45, 2.75) is 84.7 Å². The molecular formula is C37H42F9N3O4. The second-order valence-electron chi connectivity index (χ2n) is 13.5. The lowest BCUT2D eigenvalue weighted by Crippen LogP contribution is -2.41. The SMILES string of the molecule is CCOC(=O)C[C@H](NC(=O)C(CC(C)C)n1cc(CCCN(C)C)c(C(F)(F)F)cc1=O)c1c(F)c(-c2c(C)ccc(F)c2C)cc(C(F)(F)F)c1F. The Balaban J connectivity index is 2.31. The zero-order valence-electron chi connectivity index (χ0n) is 30.3. The number of rotatable bonds is 14. The maximum atomic E-state index is 16.6. The Hall–Kier alpha value is -4.34. The molecule has 53 heavy (non-hydrogen) atoms. The molecule has 0 radical (unpaired) electrons. The van der Waals surface area contributed by atoms with Crippen LogP contribution < -0.4 is 10.9 Å². The van der Waals surface area contributed by atoms with Crippen LogP contribution in [0.5, 0.6) is 0 Å². The molecule has 1 heterocycles. The van der Waals surface area contributed by atoms with Gasteiger partial charge in [-0.15, -0.1) is 0 Å². The summed E-state index contributed by atoms with van der Waals surface area (Å²) in [5, 5.41) is 2.21. The van der Waals surface area contributed by atoms with Gasteiger partial charge in [0.1, 0.15) is 23.5 Å². The molecule has 0 aliphatic carbocycles. The van der Waals surface area contributed by atoms with E-state index in [2.05, 4.69) is 5.32 Å². The van der Waals surface area contributed by atoms with Crippen molar-refractivity contribution in [2.24, 2.45) is 5.92 Å². The Morgan fingerprint density at radius 2 is 1.57 bits per heavy atom. The van der Waals surface area contributed by atoms with E-state index in [0.29, 0.717) is 12.6 Å². The van der Waals surface area contributed by atoms with Crippen molar-refractivity contribution in [2.75, 3.05) is 27.2 Å². The predicted octanol–water partition coefficient (Wildman–Crippen LogP) is 8.48. The van der Waals surface area contributed by atoms with Gasteiger partial charge in [-0.1, -0.05) is 19.9 Å². The van der Waals surface area contributed by atoms with Gasteiger partial charge in [0, 0.05) is 23.4 Å². The van der Waals surface area contributed by atoms with Crippen molar-refractivity contribution < 1.29 is 53.8 Å². The van der Waals surface area contributed by atoms with Gasteiger partial charge in [0.05, 0.1) is 30.2 Å². The van der Waals surface area contributed by atoms with Crippen LogP contribution in [0, 0.1) is 37.2 Å². The van der Waals surface area contributed by atoms with E-state index in [1.54, 1.807) is 32.8 Å². The highest BCUT2D eigenvalue weighted by Gasteiger charge is 2.41. The summed E-state index contributed by atoms with van der Waals surface area (Å²) in [7, 11) is 3.42. The summed E-state index contributed by atoms with van der Waals surface area (Å²) in [6, 6.07) is -1.14. The van der Waals surface area contributed by atoms with Gasteiger partial charge in [-0.3, -0.25) is 14.4 Å². The summed E-state index contributed by atoms with van der Waals surface area (Å²) < 4.78 is 138. The number of amides is 1. The zero-order chi connectivity index (χ0) is 40.2. The van der Waals surface area contributed by atoms with Gasteiger partial charge in [0.25, 0.3) is 5.56 Å². The van der Waals surface area contributed by atoms with Gasteiger partial charge >= 0.3 is 18.3 Å². The lowest BCUT2D eigenvalue weighted by atomic mass is 9.89. The third-order valence-corrected chi connectivity index (χ3v) is 8.61. The fourth-order valence-corrected chi connectivity index (χ4v) is 6.15. The first-order valence-corrected chi connectivity index (χ1v) is 16.8. The van der Waals surface area contributed by atoms with E-state index in [1.807, 2.05) is 0 Å². The van der Waals surface area contributed by atoms with E-state index in [-0.39, 0.29) is 54.2 Å². The van der Waals surface area contributed by atoms with Crippen LogP contribution in [0.3, 0.4) is 0 Å². The number of nitrogens with one attached hydrogen (secondary N) is 1. The highest BCUT2D eigenvalue weighted by molar-refractivity contribution is 5.82. The van der Waals surface area contributed by atoms with Gasteiger partial charge in [-0.25, -0.2) is 13.2 Å². The molecule has 0 saturated heterocycles. The number of nitrogens with zero attached hydrogens (tertiary/aromatic N) is 2. The molecule has 0 bridgehead atoms. The van der Waals surface area contributed by atoms with E-state index < -0.39 is 93.9 Å². The van der Waals surface area contributed by atoms with E-state index in [9.17, 15) is 45.1 Å². The summed E-state index contributed by atoms with van der Waals surface area (Å²) >= 11 is 0. The molecule has 2 aromatic carbocycles. The van der Waals surface area contributed by atoms with Crippen LogP contribution in [0.15, 0.2) is 35.3 Å². The molecule has 0 saturated carbocycles. The second kappa shape index (κ2) is 17.2. The first kappa shape index (κ1) is 43.1. The van der Waals surface area contributed by atoms with Gasteiger partial charge in [0.15, 0.2) is 0 Å². The third-order valence-electron chi connectivity index (χ3n) is 8.61. The number of ether oxygens (including phenoxy) is 1. The fourth-order valence-electron chi connectivity index (χ4n) is 6.15. The molecule has 1 amide bonds. The molecule has 0 fully saturated rings. The minimum atomic E-state index is -5.44. The van der Waals surface area contributed by atoms with Crippen molar-refractivity contribution in [1.29, 1.82) is 0 Å². The number of pyridine rings is 1. The largest absolute Gasteiger partial charge is 0.466 e. The first-order valence-electron chi connectivity index (χ1n) is 16.8. The van der Waals surface area contributed by atoms with Crippen LogP contribution >= 0.6 is 0 Å². The maximum Gasteiger partial charge on any atom is 0.419 e. The molecule has 2 atom stereocenters. The van der Waals surface area contributed by atoms with Crippen LogP contribution in [-0.4, -0.2) is 48.6 Å². The fraction of sp³-hybridized carbons (Fsp3) is 0.486. The van der Waals surface area contributed by atoms with Crippen molar-refractivity contribution in [3.8, 4) is 11.1 Å². The minimum absolute atomic E-state index is 0.125. The van der Waals surface area contributed by atoms with Crippen molar-refractivity contribution in [3.05, 3.63) is 91.6 Å². The van der Waals surface area contributed by atoms with E-state index in [4.69, 9.17) is 4.74 Å². The number of esters is 1. The quantitative estimate of drug-likeness (QED) is 0.132. The molecule has 0 aliphatic rings. The number of alkyl halides is 6. The van der Waals surface area contributed by atoms with Crippen LogP contribution in [0.4, 0.5) is 39.5 Å². The van der Waals surface area contributed by atoms with Gasteiger partial charge in [0.2, 0.25) is 5.91 Å². The Morgan fingerprint density at radius 3 is 2.11 bits per heavy atom. The highest BCUT2D eigenvalue weighted by Crippen LogP contribution is 2.42. The summed E-state index contributed by atoms with van der Waals surface area (Å²) in [5.41, 5.74) is -7.49. The predicted molar refractivity (Wildman–Crippen MR) is 179 cm³/mol. The number of hydrogen-bond acceptors (Lipinski definition) is 5. The van der Waals surface area contributed by atoms with E-state index >= 15 is 8.78 Å². The van der Waals surface area contributed by atoms with Crippen LogP contribution in [0.2, 0.25) is 0 Å². The summed E-state index contributed by atoms with van der Waals surface area (Å²) in [6.45, 7) is 7.29. The normalized spacial score (nSPS) is 13.4. The summed E-state index contributed by atoms with van der Waals surface area (Å²) in [5.74, 6) is -7.55. The number of aryl methyl sites for hydroxylation is 2. The molecular weight excluding hydrogens is 721 g/mol. The van der Waals surface area contributed by atoms with Crippen LogP contribution in [-0.2, 0) is 33.1 Å². The summed E-state index contributed by atoms with van der Waals surface area (Å²) in [6.07, 6.45) is -10.7. The number of hydrogen-bond donors (Lipinski definition) is 1. The number of carbonyl (C=O) groups is 2.